The summed E-state index contributed by atoms with van der Waals surface area (Å²) in [6, 6.07) is 0. The van der Waals surface area contributed by atoms with E-state index in [0.717, 1.165) is 6.17 Å². The van der Waals surface area contributed by atoms with Crippen molar-refractivity contribution in [1.82, 2.24) is 5.01 Å². The van der Waals surface area contributed by atoms with E-state index < -0.39 is 8.07 Å². The van der Waals surface area contributed by atoms with Crippen molar-refractivity contribution in [3.05, 3.63) is 4.91 Å². The van der Waals surface area contributed by atoms with Crippen LogP contribution in [0.2, 0.25) is 19.6 Å². The van der Waals surface area contributed by atoms with E-state index in [1.165, 1.54) is 5.01 Å². The van der Waals surface area contributed by atoms with Gasteiger partial charge in [-0.05, 0) is 0 Å². The average molecular weight is 146 g/mol. The fourth-order valence-corrected chi connectivity index (χ4v) is 2.15. The summed E-state index contributed by atoms with van der Waals surface area (Å²) < 4.78 is 0. The number of nitrogens with zero attached hydrogens (tertiary/aromatic N) is 2. The molecule has 0 aliphatic carbocycles. The maximum Gasteiger partial charge on any atom is 0.0689 e. The molecule has 9 heavy (non-hydrogen) atoms. The van der Waals surface area contributed by atoms with Crippen LogP contribution in [-0.2, 0) is 0 Å². The molecular weight excluding hydrogens is 132 g/mol. The van der Waals surface area contributed by atoms with Gasteiger partial charge in [0.25, 0.3) is 0 Å². The molecule has 0 fully saturated rings. The average Bonchev–Trinajstić information content (AvgIpc) is 1.62. The number of rotatable bonds is 3. The highest BCUT2D eigenvalue weighted by atomic mass is 28.3. The molecule has 0 amide bonds. The van der Waals surface area contributed by atoms with E-state index in [1.54, 1.807) is 7.05 Å². The van der Waals surface area contributed by atoms with Gasteiger partial charge in [0.2, 0.25) is 0 Å². The smallest absolute Gasteiger partial charge is 0.0689 e. The lowest BCUT2D eigenvalue weighted by atomic mass is 11.2. The summed E-state index contributed by atoms with van der Waals surface area (Å²) in [6.45, 7) is 6.61. The van der Waals surface area contributed by atoms with E-state index in [0.29, 0.717) is 0 Å². The van der Waals surface area contributed by atoms with Gasteiger partial charge in [0.05, 0.1) is 13.4 Å². The van der Waals surface area contributed by atoms with Crippen LogP contribution in [0.3, 0.4) is 0 Å². The lowest BCUT2D eigenvalue weighted by Gasteiger charge is -2.19. The molecule has 0 rings (SSSR count). The first-order valence-corrected chi connectivity index (χ1v) is 6.71. The van der Waals surface area contributed by atoms with Crippen LogP contribution in [-0.4, -0.2) is 26.3 Å². The summed E-state index contributed by atoms with van der Waals surface area (Å²) in [5.41, 5.74) is 0. The predicted octanol–water partition coefficient (Wildman–Crippen LogP) is 1.48. The van der Waals surface area contributed by atoms with Crippen LogP contribution >= 0.6 is 0 Å². The molecule has 0 atom stereocenters. The summed E-state index contributed by atoms with van der Waals surface area (Å²) >= 11 is 0. The Balaban J connectivity index is 3.59. The molecule has 0 saturated carbocycles. The molecule has 0 unspecified atom stereocenters. The highest BCUT2D eigenvalue weighted by molar-refractivity contribution is 6.76. The highest BCUT2D eigenvalue weighted by Crippen LogP contribution is 2.01. The minimum absolute atomic E-state index is 0.844. The van der Waals surface area contributed by atoms with Gasteiger partial charge in [-0.25, -0.2) is 0 Å². The van der Waals surface area contributed by atoms with E-state index in [9.17, 15) is 4.91 Å². The van der Waals surface area contributed by atoms with Gasteiger partial charge in [-0.15, -0.1) is 4.91 Å². The van der Waals surface area contributed by atoms with Crippen LogP contribution in [0.5, 0.6) is 0 Å². The fourth-order valence-electron chi connectivity index (χ4n) is 0.715. The first-order valence-electron chi connectivity index (χ1n) is 3.00. The standard InChI is InChI=1S/C5H14N2OSi/c1-7(6-8)5-9(2,3)4/h5H2,1-4H3. The Morgan fingerprint density at radius 2 is 1.89 bits per heavy atom. The summed E-state index contributed by atoms with van der Waals surface area (Å²) in [4.78, 5) is 9.88. The molecule has 0 saturated heterocycles. The van der Waals surface area contributed by atoms with Crippen molar-refractivity contribution in [2.24, 2.45) is 5.29 Å². The Morgan fingerprint density at radius 1 is 1.44 bits per heavy atom. The van der Waals surface area contributed by atoms with Crippen molar-refractivity contribution < 1.29 is 0 Å². The van der Waals surface area contributed by atoms with Crippen molar-refractivity contribution >= 4 is 8.07 Å². The molecule has 54 valence electrons. The molecular formula is C5H14N2OSi. The first-order chi connectivity index (χ1) is 3.95. The molecule has 0 heterocycles. The lowest BCUT2D eigenvalue weighted by Crippen LogP contribution is -2.35. The second-order valence-electron chi connectivity index (χ2n) is 3.46. The Kier molecular flexibility index (Phi) is 2.83. The first kappa shape index (κ1) is 8.62. The molecule has 0 aliphatic rings. The van der Waals surface area contributed by atoms with Crippen molar-refractivity contribution in [2.45, 2.75) is 19.6 Å². The molecule has 0 bridgehead atoms. The Bertz CT molecular complexity index is 99.6. The maximum absolute atomic E-state index is 9.88. The molecule has 0 aromatic carbocycles. The molecule has 0 aromatic rings. The SMILES string of the molecule is CN(C[Si](C)(C)C)N=O. The van der Waals surface area contributed by atoms with Gasteiger partial charge in [-0.1, -0.05) is 19.6 Å². The lowest BCUT2D eigenvalue weighted by molar-refractivity contribution is 0.402. The van der Waals surface area contributed by atoms with Crippen LogP contribution in [0.4, 0.5) is 0 Å². The quantitative estimate of drug-likeness (QED) is 0.343. The summed E-state index contributed by atoms with van der Waals surface area (Å²) in [5, 5.41) is 4.26. The van der Waals surface area contributed by atoms with Crippen LogP contribution in [0.15, 0.2) is 5.29 Å². The molecule has 0 spiro atoms. The van der Waals surface area contributed by atoms with Crippen LogP contribution in [0, 0.1) is 4.91 Å². The van der Waals surface area contributed by atoms with Crippen LogP contribution in [0.1, 0.15) is 0 Å². The largest absolute Gasteiger partial charge is 0.267 e. The van der Waals surface area contributed by atoms with E-state index >= 15 is 0 Å². The summed E-state index contributed by atoms with van der Waals surface area (Å²) in [6.07, 6.45) is 0.844. The van der Waals surface area contributed by atoms with Crippen molar-refractivity contribution in [3.63, 3.8) is 0 Å². The van der Waals surface area contributed by atoms with Gasteiger partial charge in [-0.3, -0.25) is 5.01 Å². The van der Waals surface area contributed by atoms with E-state index in [-0.39, 0.29) is 0 Å². The molecule has 0 aromatic heterocycles. The third-order valence-electron chi connectivity index (χ3n) is 0.843. The van der Waals surface area contributed by atoms with E-state index in [2.05, 4.69) is 24.9 Å². The third-order valence-corrected chi connectivity index (χ3v) is 2.25. The highest BCUT2D eigenvalue weighted by Gasteiger charge is 2.15. The number of hydrogen-bond donors (Lipinski definition) is 0. The predicted molar refractivity (Wildman–Crippen MR) is 41.8 cm³/mol. The van der Waals surface area contributed by atoms with E-state index in [1.807, 2.05) is 0 Å². The second-order valence-corrected chi connectivity index (χ2v) is 8.90. The van der Waals surface area contributed by atoms with Gasteiger partial charge in [0, 0.05) is 13.2 Å². The number of nitroso groups, excluding NO2 is 1. The molecule has 0 radical (unpaired) electrons. The second kappa shape index (κ2) is 2.96. The maximum atomic E-state index is 9.88. The van der Waals surface area contributed by atoms with Crippen molar-refractivity contribution in [2.75, 3.05) is 13.2 Å². The topological polar surface area (TPSA) is 32.7 Å². The van der Waals surface area contributed by atoms with E-state index in [4.69, 9.17) is 0 Å². The van der Waals surface area contributed by atoms with Gasteiger partial charge >= 0.3 is 0 Å². The zero-order valence-electron chi connectivity index (χ0n) is 6.51. The fraction of sp³-hybridized carbons (Fsp3) is 1.00. The van der Waals surface area contributed by atoms with Crippen LogP contribution in [0.25, 0.3) is 0 Å². The minimum atomic E-state index is -1.11. The molecule has 3 nitrogen and oxygen atoms in total. The van der Waals surface area contributed by atoms with Crippen molar-refractivity contribution in [1.29, 1.82) is 0 Å². The van der Waals surface area contributed by atoms with Gasteiger partial charge in [0.15, 0.2) is 0 Å². The minimum Gasteiger partial charge on any atom is -0.267 e. The van der Waals surface area contributed by atoms with Crippen molar-refractivity contribution in [3.8, 4) is 0 Å². The zero-order chi connectivity index (χ0) is 7.49. The van der Waals surface area contributed by atoms with Crippen LogP contribution < -0.4 is 0 Å². The Hall–Kier alpha value is -0.383. The third kappa shape index (κ3) is 5.49. The molecule has 4 heteroatoms. The monoisotopic (exact) mass is 146 g/mol. The Morgan fingerprint density at radius 3 is 2.00 bits per heavy atom. The summed E-state index contributed by atoms with van der Waals surface area (Å²) in [7, 11) is 0.604. The van der Waals surface area contributed by atoms with Gasteiger partial charge in [-0.2, -0.15) is 0 Å². The Labute approximate surface area is 57.0 Å². The molecule has 0 N–H and O–H groups in total. The normalized spacial score (nSPS) is 11.1. The van der Waals surface area contributed by atoms with Gasteiger partial charge < -0.3 is 0 Å². The van der Waals surface area contributed by atoms with Gasteiger partial charge in [0.1, 0.15) is 0 Å². The summed E-state index contributed by atoms with van der Waals surface area (Å²) in [5.74, 6) is 0. The zero-order valence-corrected chi connectivity index (χ0v) is 7.51. The molecule has 0 aliphatic heterocycles. The number of hydrogen-bond acceptors (Lipinski definition) is 2.